The summed E-state index contributed by atoms with van der Waals surface area (Å²) in [6, 6.07) is 4.05. The van der Waals surface area contributed by atoms with Gasteiger partial charge in [0, 0.05) is 19.3 Å². The zero-order chi connectivity index (χ0) is 11.4. The highest BCUT2D eigenvalue weighted by molar-refractivity contribution is 5.49. The van der Waals surface area contributed by atoms with Crippen LogP contribution in [0.15, 0.2) is 12.3 Å². The molecule has 84 valence electrons. The third kappa shape index (κ3) is 2.33. The molecule has 0 radical (unpaired) electrons. The lowest BCUT2D eigenvalue weighted by Crippen LogP contribution is -2.25. The molecule has 1 aromatic heterocycles. The maximum absolute atomic E-state index is 8.80. The smallest absolute Gasteiger partial charge is 0.131 e. The first-order chi connectivity index (χ1) is 7.81. The summed E-state index contributed by atoms with van der Waals surface area (Å²) in [4.78, 5) is 6.77. The third-order valence-corrected chi connectivity index (χ3v) is 3.09. The van der Waals surface area contributed by atoms with Gasteiger partial charge in [-0.25, -0.2) is 4.98 Å². The van der Waals surface area contributed by atoms with E-state index in [-0.39, 0.29) is 0 Å². The molecule has 2 rings (SSSR count). The van der Waals surface area contributed by atoms with Gasteiger partial charge < -0.3 is 4.90 Å². The van der Waals surface area contributed by atoms with Crippen LogP contribution in [0.5, 0.6) is 0 Å². The Morgan fingerprint density at radius 3 is 2.50 bits per heavy atom. The number of rotatable bonds is 1. The van der Waals surface area contributed by atoms with Gasteiger partial charge in [0.1, 0.15) is 11.9 Å². The molecule has 0 spiro atoms. The van der Waals surface area contributed by atoms with Crippen molar-refractivity contribution in [1.82, 2.24) is 4.98 Å². The van der Waals surface area contributed by atoms with E-state index in [2.05, 4.69) is 16.0 Å². The van der Waals surface area contributed by atoms with Gasteiger partial charge in [-0.15, -0.1) is 0 Å². The topological polar surface area (TPSA) is 39.9 Å². The van der Waals surface area contributed by atoms with Gasteiger partial charge in [0.25, 0.3) is 0 Å². The summed E-state index contributed by atoms with van der Waals surface area (Å²) in [7, 11) is 0. The highest BCUT2D eigenvalue weighted by Gasteiger charge is 2.13. The molecule has 0 aliphatic carbocycles. The first-order valence-electron chi connectivity index (χ1n) is 5.93. The van der Waals surface area contributed by atoms with Crippen LogP contribution in [0.2, 0.25) is 0 Å². The Labute approximate surface area is 96.7 Å². The van der Waals surface area contributed by atoms with Gasteiger partial charge in [-0.1, -0.05) is 12.8 Å². The highest BCUT2D eigenvalue weighted by Crippen LogP contribution is 2.21. The fraction of sp³-hybridized carbons (Fsp3) is 0.538. The van der Waals surface area contributed by atoms with Gasteiger partial charge >= 0.3 is 0 Å². The summed E-state index contributed by atoms with van der Waals surface area (Å²) in [6.45, 7) is 4.23. The second kappa shape index (κ2) is 4.98. The van der Waals surface area contributed by atoms with Crippen molar-refractivity contribution >= 4 is 5.82 Å². The lowest BCUT2D eigenvalue weighted by Gasteiger charge is -2.23. The van der Waals surface area contributed by atoms with E-state index in [9.17, 15) is 0 Å². The molecule has 1 saturated heterocycles. The van der Waals surface area contributed by atoms with Crippen LogP contribution in [-0.4, -0.2) is 18.1 Å². The molecule has 0 N–H and O–H groups in total. The average molecular weight is 215 g/mol. The van der Waals surface area contributed by atoms with Crippen molar-refractivity contribution in [1.29, 1.82) is 5.26 Å². The standard InChI is InChI=1S/C13H17N3/c1-11-8-12(9-14)10-15-13(11)16-6-4-2-3-5-7-16/h8,10H,2-7H2,1H3. The molecule has 1 aliphatic rings. The van der Waals surface area contributed by atoms with Gasteiger partial charge in [0.05, 0.1) is 5.56 Å². The molecule has 1 aromatic rings. The second-order valence-corrected chi connectivity index (χ2v) is 4.38. The zero-order valence-electron chi connectivity index (χ0n) is 9.74. The number of hydrogen-bond donors (Lipinski definition) is 0. The Bertz CT molecular complexity index is 398. The molecule has 1 fully saturated rings. The molecule has 0 bridgehead atoms. The minimum atomic E-state index is 0.649. The van der Waals surface area contributed by atoms with Crippen LogP contribution in [-0.2, 0) is 0 Å². The molecule has 3 heteroatoms. The van der Waals surface area contributed by atoms with E-state index >= 15 is 0 Å². The third-order valence-electron chi connectivity index (χ3n) is 3.09. The minimum absolute atomic E-state index is 0.649. The molecule has 3 nitrogen and oxygen atoms in total. The predicted octanol–water partition coefficient (Wildman–Crippen LogP) is 2.64. The van der Waals surface area contributed by atoms with Crippen LogP contribution >= 0.6 is 0 Å². The lowest BCUT2D eigenvalue weighted by molar-refractivity contribution is 0.726. The van der Waals surface area contributed by atoms with Crippen LogP contribution in [0.4, 0.5) is 5.82 Å². The maximum Gasteiger partial charge on any atom is 0.131 e. The number of anilines is 1. The van der Waals surface area contributed by atoms with Crippen molar-refractivity contribution in [3.63, 3.8) is 0 Å². The van der Waals surface area contributed by atoms with E-state index in [0.717, 1.165) is 24.5 Å². The van der Waals surface area contributed by atoms with Crippen LogP contribution in [0, 0.1) is 18.3 Å². The monoisotopic (exact) mass is 215 g/mol. The Kier molecular flexibility index (Phi) is 3.40. The molecule has 0 unspecified atom stereocenters. The van der Waals surface area contributed by atoms with Crippen LogP contribution < -0.4 is 4.90 Å². The van der Waals surface area contributed by atoms with E-state index in [1.165, 1.54) is 25.7 Å². The molecule has 0 saturated carbocycles. The minimum Gasteiger partial charge on any atom is -0.356 e. The summed E-state index contributed by atoms with van der Waals surface area (Å²) in [6.07, 6.45) is 6.83. The highest BCUT2D eigenvalue weighted by atomic mass is 15.2. The summed E-state index contributed by atoms with van der Waals surface area (Å²) in [5, 5.41) is 8.80. The summed E-state index contributed by atoms with van der Waals surface area (Å²) < 4.78 is 0. The number of aryl methyl sites for hydroxylation is 1. The number of nitrogens with zero attached hydrogens (tertiary/aromatic N) is 3. The van der Waals surface area contributed by atoms with Gasteiger partial charge in [-0.2, -0.15) is 5.26 Å². The number of nitriles is 1. The largest absolute Gasteiger partial charge is 0.356 e. The number of pyridine rings is 1. The van der Waals surface area contributed by atoms with Gasteiger partial charge in [0.2, 0.25) is 0 Å². The molecular weight excluding hydrogens is 198 g/mol. The van der Waals surface area contributed by atoms with E-state index in [0.29, 0.717) is 5.56 Å². The molecule has 0 aromatic carbocycles. The first-order valence-corrected chi connectivity index (χ1v) is 5.93. The van der Waals surface area contributed by atoms with Crippen molar-refractivity contribution in [2.45, 2.75) is 32.6 Å². The summed E-state index contributed by atoms with van der Waals surface area (Å²) in [5.41, 5.74) is 1.76. The lowest BCUT2D eigenvalue weighted by atomic mass is 10.2. The van der Waals surface area contributed by atoms with Crippen molar-refractivity contribution in [2.24, 2.45) is 0 Å². The van der Waals surface area contributed by atoms with Gasteiger partial charge in [-0.05, 0) is 31.4 Å². The number of aromatic nitrogens is 1. The van der Waals surface area contributed by atoms with Crippen LogP contribution in [0.1, 0.15) is 36.8 Å². The molecular formula is C13H17N3. The molecule has 0 atom stereocenters. The predicted molar refractivity (Wildman–Crippen MR) is 64.4 cm³/mol. The normalized spacial score (nSPS) is 16.6. The first kappa shape index (κ1) is 10.9. The maximum atomic E-state index is 8.80. The van der Waals surface area contributed by atoms with Gasteiger partial charge in [-0.3, -0.25) is 0 Å². The Morgan fingerprint density at radius 1 is 1.25 bits per heavy atom. The zero-order valence-corrected chi connectivity index (χ0v) is 9.74. The van der Waals surface area contributed by atoms with E-state index in [1.807, 2.05) is 13.0 Å². The molecule has 1 aliphatic heterocycles. The fourth-order valence-corrected chi connectivity index (χ4v) is 2.24. The quantitative estimate of drug-likeness (QED) is 0.723. The summed E-state index contributed by atoms with van der Waals surface area (Å²) >= 11 is 0. The van der Waals surface area contributed by atoms with Gasteiger partial charge in [0.15, 0.2) is 0 Å². The van der Waals surface area contributed by atoms with Crippen molar-refractivity contribution in [3.8, 4) is 6.07 Å². The Balaban J connectivity index is 2.22. The molecule has 0 amide bonds. The van der Waals surface area contributed by atoms with Crippen molar-refractivity contribution in [3.05, 3.63) is 23.4 Å². The average Bonchev–Trinajstić information content (AvgIpc) is 2.57. The van der Waals surface area contributed by atoms with Crippen molar-refractivity contribution < 1.29 is 0 Å². The number of hydrogen-bond acceptors (Lipinski definition) is 3. The van der Waals surface area contributed by atoms with Crippen LogP contribution in [0.25, 0.3) is 0 Å². The molecule has 16 heavy (non-hydrogen) atoms. The second-order valence-electron chi connectivity index (χ2n) is 4.38. The Hall–Kier alpha value is -1.56. The summed E-state index contributed by atoms with van der Waals surface area (Å²) in [5.74, 6) is 1.06. The SMILES string of the molecule is Cc1cc(C#N)cnc1N1CCCCCC1. The fourth-order valence-electron chi connectivity index (χ4n) is 2.24. The van der Waals surface area contributed by atoms with E-state index in [4.69, 9.17) is 5.26 Å². The van der Waals surface area contributed by atoms with Crippen molar-refractivity contribution in [2.75, 3.05) is 18.0 Å². The molecule has 2 heterocycles. The Morgan fingerprint density at radius 2 is 1.94 bits per heavy atom. The van der Waals surface area contributed by atoms with E-state index < -0.39 is 0 Å². The van der Waals surface area contributed by atoms with E-state index in [1.54, 1.807) is 6.20 Å². The van der Waals surface area contributed by atoms with Crippen LogP contribution in [0.3, 0.4) is 0 Å².